The maximum absolute atomic E-state index is 5.83. The van der Waals surface area contributed by atoms with Gasteiger partial charge in [0.05, 0.1) is 17.7 Å². The molecule has 0 unspecified atom stereocenters. The standard InChI is InChI=1S/C9H8BrN3/c10-7-2-1-3-8(11)9(7)13-5-4-12-6-13/h1-6H,11H2. The van der Waals surface area contributed by atoms with Crippen molar-refractivity contribution in [2.75, 3.05) is 5.73 Å². The molecule has 0 bridgehead atoms. The van der Waals surface area contributed by atoms with Crippen LogP contribution in [0.25, 0.3) is 5.69 Å². The van der Waals surface area contributed by atoms with Gasteiger partial charge in [0, 0.05) is 16.9 Å². The van der Waals surface area contributed by atoms with Crippen LogP contribution in [0.4, 0.5) is 5.69 Å². The maximum Gasteiger partial charge on any atom is 0.0992 e. The first-order valence-corrected chi connectivity index (χ1v) is 4.60. The lowest BCUT2D eigenvalue weighted by Crippen LogP contribution is -1.97. The lowest BCUT2D eigenvalue weighted by atomic mass is 10.3. The van der Waals surface area contributed by atoms with E-state index in [4.69, 9.17) is 5.73 Å². The molecule has 0 aliphatic heterocycles. The van der Waals surface area contributed by atoms with Gasteiger partial charge in [0.1, 0.15) is 0 Å². The summed E-state index contributed by atoms with van der Waals surface area (Å²) >= 11 is 3.44. The van der Waals surface area contributed by atoms with E-state index in [1.165, 1.54) is 0 Å². The second-order valence-corrected chi connectivity index (χ2v) is 3.50. The number of nitrogens with two attached hydrogens (primary N) is 1. The van der Waals surface area contributed by atoms with Crippen molar-refractivity contribution in [3.63, 3.8) is 0 Å². The van der Waals surface area contributed by atoms with Gasteiger partial charge in [-0.2, -0.15) is 0 Å². The van der Waals surface area contributed by atoms with Gasteiger partial charge < -0.3 is 10.3 Å². The topological polar surface area (TPSA) is 43.8 Å². The van der Waals surface area contributed by atoms with E-state index in [-0.39, 0.29) is 0 Å². The van der Waals surface area contributed by atoms with E-state index in [9.17, 15) is 0 Å². The highest BCUT2D eigenvalue weighted by molar-refractivity contribution is 9.10. The number of nitrogens with zero attached hydrogens (tertiary/aromatic N) is 2. The Bertz CT molecular complexity index is 389. The molecule has 4 heteroatoms. The minimum absolute atomic E-state index is 0.729. The van der Waals surface area contributed by atoms with Crippen LogP contribution in [0, 0.1) is 0 Å². The number of aromatic nitrogens is 2. The fraction of sp³-hybridized carbons (Fsp3) is 0. The van der Waals surface area contributed by atoms with Gasteiger partial charge in [-0.15, -0.1) is 0 Å². The van der Waals surface area contributed by atoms with Crippen molar-refractivity contribution in [3.05, 3.63) is 41.4 Å². The van der Waals surface area contributed by atoms with Crippen LogP contribution in [0.15, 0.2) is 41.4 Å². The zero-order valence-corrected chi connectivity index (χ0v) is 8.40. The van der Waals surface area contributed by atoms with Crippen molar-refractivity contribution in [1.29, 1.82) is 0 Å². The number of imidazole rings is 1. The highest BCUT2D eigenvalue weighted by atomic mass is 79.9. The van der Waals surface area contributed by atoms with Crippen LogP contribution in [0.1, 0.15) is 0 Å². The van der Waals surface area contributed by atoms with Crippen molar-refractivity contribution in [2.45, 2.75) is 0 Å². The lowest BCUT2D eigenvalue weighted by molar-refractivity contribution is 1.05. The van der Waals surface area contributed by atoms with Crippen molar-refractivity contribution in [3.8, 4) is 5.69 Å². The van der Waals surface area contributed by atoms with E-state index in [0.29, 0.717) is 0 Å². The highest BCUT2D eigenvalue weighted by Gasteiger charge is 2.04. The number of para-hydroxylation sites is 1. The number of halogens is 1. The van der Waals surface area contributed by atoms with Crippen LogP contribution in [-0.2, 0) is 0 Å². The second kappa shape index (κ2) is 3.22. The van der Waals surface area contributed by atoms with E-state index < -0.39 is 0 Å². The Morgan fingerprint density at radius 2 is 2.23 bits per heavy atom. The fourth-order valence-electron chi connectivity index (χ4n) is 1.20. The number of nitrogen functional groups attached to an aromatic ring is 1. The molecule has 0 amide bonds. The van der Waals surface area contributed by atoms with Crippen LogP contribution in [0.2, 0.25) is 0 Å². The summed E-state index contributed by atoms with van der Waals surface area (Å²) < 4.78 is 2.84. The number of rotatable bonds is 1. The second-order valence-electron chi connectivity index (χ2n) is 2.65. The van der Waals surface area contributed by atoms with E-state index in [1.54, 1.807) is 12.5 Å². The molecule has 66 valence electrons. The Kier molecular flexibility index (Phi) is 2.06. The summed E-state index contributed by atoms with van der Waals surface area (Å²) in [5, 5.41) is 0. The minimum Gasteiger partial charge on any atom is -0.397 e. The van der Waals surface area contributed by atoms with E-state index >= 15 is 0 Å². The van der Waals surface area contributed by atoms with Crippen LogP contribution >= 0.6 is 15.9 Å². The molecular weight excluding hydrogens is 230 g/mol. The van der Waals surface area contributed by atoms with Crippen LogP contribution in [-0.4, -0.2) is 9.55 Å². The minimum atomic E-state index is 0.729. The van der Waals surface area contributed by atoms with Gasteiger partial charge in [-0.05, 0) is 28.1 Å². The summed E-state index contributed by atoms with van der Waals surface area (Å²) in [7, 11) is 0. The van der Waals surface area contributed by atoms with Crippen LogP contribution in [0.3, 0.4) is 0 Å². The predicted octanol–water partition coefficient (Wildman–Crippen LogP) is 2.22. The first-order valence-electron chi connectivity index (χ1n) is 3.81. The number of benzene rings is 1. The van der Waals surface area contributed by atoms with Gasteiger partial charge in [0.25, 0.3) is 0 Å². The van der Waals surface area contributed by atoms with Gasteiger partial charge >= 0.3 is 0 Å². The van der Waals surface area contributed by atoms with Gasteiger partial charge in [0.2, 0.25) is 0 Å². The summed E-state index contributed by atoms with van der Waals surface area (Å²) in [6, 6.07) is 5.71. The first-order chi connectivity index (χ1) is 6.29. The van der Waals surface area contributed by atoms with Crippen molar-refractivity contribution in [2.24, 2.45) is 0 Å². The molecule has 0 atom stereocenters. The van der Waals surface area contributed by atoms with Gasteiger partial charge in [0.15, 0.2) is 0 Å². The Morgan fingerprint density at radius 3 is 2.85 bits per heavy atom. The zero-order chi connectivity index (χ0) is 9.26. The van der Waals surface area contributed by atoms with Gasteiger partial charge in [-0.25, -0.2) is 4.98 Å². The molecule has 1 heterocycles. The Balaban J connectivity index is 2.64. The zero-order valence-electron chi connectivity index (χ0n) is 6.81. The summed E-state index contributed by atoms with van der Waals surface area (Å²) in [4.78, 5) is 3.97. The van der Waals surface area contributed by atoms with Gasteiger partial charge in [-0.3, -0.25) is 0 Å². The van der Waals surface area contributed by atoms with E-state index in [2.05, 4.69) is 20.9 Å². The monoisotopic (exact) mass is 237 g/mol. The third kappa shape index (κ3) is 1.45. The lowest BCUT2D eigenvalue weighted by Gasteiger charge is -2.07. The molecule has 0 aliphatic carbocycles. The molecule has 1 aromatic heterocycles. The predicted molar refractivity (Wildman–Crippen MR) is 55.7 cm³/mol. The molecule has 0 saturated carbocycles. The van der Waals surface area contributed by atoms with Crippen molar-refractivity contribution >= 4 is 21.6 Å². The molecule has 0 spiro atoms. The molecule has 3 nitrogen and oxygen atoms in total. The average Bonchev–Trinajstić information content (AvgIpc) is 2.57. The number of hydrogen-bond donors (Lipinski definition) is 1. The Labute approximate surface area is 84.3 Å². The smallest absolute Gasteiger partial charge is 0.0992 e. The molecule has 13 heavy (non-hydrogen) atoms. The molecule has 0 fully saturated rings. The molecule has 1 aromatic carbocycles. The summed E-state index contributed by atoms with van der Waals surface area (Å²) in [5.41, 5.74) is 7.49. The molecule has 2 N–H and O–H groups in total. The quantitative estimate of drug-likeness (QED) is 0.774. The molecule has 2 aromatic rings. The van der Waals surface area contributed by atoms with Crippen molar-refractivity contribution < 1.29 is 0 Å². The third-order valence-electron chi connectivity index (χ3n) is 1.78. The Morgan fingerprint density at radius 1 is 1.38 bits per heavy atom. The highest BCUT2D eigenvalue weighted by Crippen LogP contribution is 2.26. The largest absolute Gasteiger partial charge is 0.397 e. The molecule has 0 aliphatic rings. The summed E-state index contributed by atoms with van der Waals surface area (Å²) in [6.45, 7) is 0. The maximum atomic E-state index is 5.83. The SMILES string of the molecule is Nc1cccc(Br)c1-n1ccnc1. The van der Waals surface area contributed by atoms with E-state index in [0.717, 1.165) is 15.8 Å². The Hall–Kier alpha value is -1.29. The fourth-order valence-corrected chi connectivity index (χ4v) is 1.78. The van der Waals surface area contributed by atoms with Gasteiger partial charge in [-0.1, -0.05) is 6.07 Å². The third-order valence-corrected chi connectivity index (χ3v) is 2.42. The summed E-state index contributed by atoms with van der Waals surface area (Å²) in [6.07, 6.45) is 5.30. The molecule has 2 rings (SSSR count). The first kappa shape index (κ1) is 8.31. The normalized spacial score (nSPS) is 10.2. The number of anilines is 1. The molecular formula is C9H8BrN3. The van der Waals surface area contributed by atoms with Crippen molar-refractivity contribution in [1.82, 2.24) is 9.55 Å². The average molecular weight is 238 g/mol. The van der Waals surface area contributed by atoms with Crippen LogP contribution in [0.5, 0.6) is 0 Å². The van der Waals surface area contributed by atoms with E-state index in [1.807, 2.05) is 29.0 Å². The summed E-state index contributed by atoms with van der Waals surface area (Å²) in [5.74, 6) is 0. The molecule has 0 saturated heterocycles. The molecule has 0 radical (unpaired) electrons. The van der Waals surface area contributed by atoms with Crippen LogP contribution < -0.4 is 5.73 Å². The number of hydrogen-bond acceptors (Lipinski definition) is 2.